The molecule has 1 aliphatic heterocycles. The predicted molar refractivity (Wildman–Crippen MR) is 134 cm³/mol. The van der Waals surface area contributed by atoms with Crippen molar-refractivity contribution in [3.05, 3.63) is 101 Å². The summed E-state index contributed by atoms with van der Waals surface area (Å²) in [6.45, 7) is 4.64. The highest BCUT2D eigenvalue weighted by atomic mass is 19.1. The molecule has 0 aromatic heterocycles. The Hall–Kier alpha value is -4.20. The molecule has 36 heavy (non-hydrogen) atoms. The molecule has 1 aliphatic rings. The summed E-state index contributed by atoms with van der Waals surface area (Å²) in [5, 5.41) is 5.53. The van der Waals surface area contributed by atoms with Crippen LogP contribution in [0.3, 0.4) is 0 Å². The van der Waals surface area contributed by atoms with Gasteiger partial charge in [-0.25, -0.2) is 9.18 Å². The maximum absolute atomic E-state index is 13.9. The molecule has 0 spiro atoms. The van der Waals surface area contributed by atoms with Crippen molar-refractivity contribution in [2.24, 2.45) is 0 Å². The second kappa shape index (κ2) is 11.0. The second-order valence-corrected chi connectivity index (χ2v) is 8.71. The zero-order chi connectivity index (χ0) is 25.7. The van der Waals surface area contributed by atoms with E-state index in [0.29, 0.717) is 17.8 Å². The molecule has 3 aromatic carbocycles. The van der Waals surface area contributed by atoms with Crippen LogP contribution in [0.5, 0.6) is 0 Å². The number of nitrogens with one attached hydrogen (secondary N) is 2. The summed E-state index contributed by atoms with van der Waals surface area (Å²) >= 11 is 0. The number of nitrogens with zero attached hydrogens (tertiary/aromatic N) is 1. The van der Waals surface area contributed by atoms with Crippen LogP contribution in [0.15, 0.2) is 72.8 Å². The Morgan fingerprint density at radius 1 is 1.00 bits per heavy atom. The summed E-state index contributed by atoms with van der Waals surface area (Å²) < 4.78 is 19.6. The van der Waals surface area contributed by atoms with E-state index in [-0.39, 0.29) is 18.0 Å². The fraction of sp³-hybridized carbons (Fsp3) is 0.250. The van der Waals surface area contributed by atoms with Gasteiger partial charge in [-0.1, -0.05) is 61.0 Å². The van der Waals surface area contributed by atoms with Gasteiger partial charge in [-0.3, -0.25) is 14.5 Å². The Kier molecular flexibility index (Phi) is 7.63. The zero-order valence-electron chi connectivity index (χ0n) is 20.2. The second-order valence-electron chi connectivity index (χ2n) is 8.71. The van der Waals surface area contributed by atoms with Crippen molar-refractivity contribution in [3.8, 4) is 0 Å². The predicted octanol–water partition coefficient (Wildman–Crippen LogP) is 4.97. The number of anilines is 1. The number of amides is 3. The molecule has 2 unspecified atom stereocenters. The third kappa shape index (κ3) is 5.54. The lowest BCUT2D eigenvalue weighted by Gasteiger charge is -2.24. The number of carbonyl (C=O) groups is 3. The number of hydrogen-bond acceptors (Lipinski definition) is 4. The van der Waals surface area contributed by atoms with E-state index >= 15 is 0 Å². The lowest BCUT2D eigenvalue weighted by atomic mass is 10.00. The summed E-state index contributed by atoms with van der Waals surface area (Å²) in [5.41, 5.74) is 2.97. The van der Waals surface area contributed by atoms with E-state index in [9.17, 15) is 18.8 Å². The molecule has 8 heteroatoms. The monoisotopic (exact) mass is 489 g/mol. The molecule has 1 fully saturated rings. The van der Waals surface area contributed by atoms with E-state index in [1.165, 1.54) is 23.1 Å². The number of ether oxygens (including phenoxy) is 1. The van der Waals surface area contributed by atoms with E-state index < -0.39 is 30.0 Å². The number of hydrogen-bond donors (Lipinski definition) is 2. The van der Waals surface area contributed by atoms with Gasteiger partial charge < -0.3 is 15.4 Å². The SMILES string of the molecule is CCCNC(=O)C1C(c2ccc(NC(=O)c3ccccc3F)cc2)OC(=O)N1Cc1ccc(C)cc1. The third-order valence-corrected chi connectivity index (χ3v) is 5.99. The Labute approximate surface area is 209 Å². The van der Waals surface area contributed by atoms with Crippen molar-refractivity contribution in [2.75, 3.05) is 11.9 Å². The van der Waals surface area contributed by atoms with Crippen molar-refractivity contribution in [1.29, 1.82) is 0 Å². The molecule has 0 aliphatic carbocycles. The van der Waals surface area contributed by atoms with E-state index in [4.69, 9.17) is 4.74 Å². The molecule has 0 saturated carbocycles. The van der Waals surface area contributed by atoms with Gasteiger partial charge in [0, 0.05) is 12.2 Å². The van der Waals surface area contributed by atoms with Crippen molar-refractivity contribution >= 4 is 23.6 Å². The van der Waals surface area contributed by atoms with Crippen molar-refractivity contribution in [1.82, 2.24) is 10.2 Å². The average molecular weight is 490 g/mol. The largest absolute Gasteiger partial charge is 0.438 e. The normalized spacial score (nSPS) is 17.0. The van der Waals surface area contributed by atoms with E-state index in [0.717, 1.165) is 17.5 Å². The number of aryl methyl sites for hydroxylation is 1. The molecule has 3 amide bonds. The van der Waals surface area contributed by atoms with Crippen molar-refractivity contribution < 1.29 is 23.5 Å². The van der Waals surface area contributed by atoms with Gasteiger partial charge in [-0.2, -0.15) is 0 Å². The Balaban J connectivity index is 1.54. The van der Waals surface area contributed by atoms with Crippen LogP contribution in [-0.4, -0.2) is 35.4 Å². The first-order valence-corrected chi connectivity index (χ1v) is 11.8. The average Bonchev–Trinajstić information content (AvgIpc) is 3.20. The van der Waals surface area contributed by atoms with Gasteiger partial charge in [0.1, 0.15) is 5.82 Å². The lowest BCUT2D eigenvalue weighted by Crippen LogP contribution is -2.46. The number of halogens is 1. The van der Waals surface area contributed by atoms with Crippen LogP contribution in [0.25, 0.3) is 0 Å². The van der Waals surface area contributed by atoms with Gasteiger partial charge in [0.15, 0.2) is 12.1 Å². The fourth-order valence-electron chi connectivity index (χ4n) is 4.05. The number of cyclic esters (lactones) is 1. The van der Waals surface area contributed by atoms with Crippen LogP contribution in [0.4, 0.5) is 14.9 Å². The highest BCUT2D eigenvalue weighted by Crippen LogP contribution is 2.34. The van der Waals surface area contributed by atoms with E-state index in [1.54, 1.807) is 30.3 Å². The first kappa shape index (κ1) is 24.9. The smallest absolute Gasteiger partial charge is 0.411 e. The molecular weight excluding hydrogens is 461 g/mol. The lowest BCUT2D eigenvalue weighted by molar-refractivity contribution is -0.126. The fourth-order valence-corrected chi connectivity index (χ4v) is 4.05. The van der Waals surface area contributed by atoms with Gasteiger partial charge >= 0.3 is 6.09 Å². The standard InChI is InChI=1S/C28H28FN3O4/c1-3-16-30-27(34)24-25(36-28(35)32(24)17-19-10-8-18(2)9-11-19)20-12-14-21(15-13-20)31-26(33)22-6-4-5-7-23(22)29/h4-15,24-25H,3,16-17H2,1-2H3,(H,30,34)(H,31,33). The Morgan fingerprint density at radius 2 is 1.69 bits per heavy atom. The topological polar surface area (TPSA) is 87.7 Å². The van der Waals surface area contributed by atoms with Gasteiger partial charge in [0.05, 0.1) is 12.1 Å². The molecule has 2 N–H and O–H groups in total. The van der Waals surface area contributed by atoms with Crippen molar-refractivity contribution in [2.45, 2.75) is 39.0 Å². The Bertz CT molecular complexity index is 1240. The van der Waals surface area contributed by atoms with E-state index in [1.807, 2.05) is 38.1 Å². The first-order chi connectivity index (χ1) is 17.4. The minimum absolute atomic E-state index is 0.0642. The van der Waals surface area contributed by atoms with Crippen LogP contribution in [0, 0.1) is 12.7 Å². The summed E-state index contributed by atoms with van der Waals surface area (Å²) in [7, 11) is 0. The van der Waals surface area contributed by atoms with Gasteiger partial charge in [-0.15, -0.1) is 0 Å². The van der Waals surface area contributed by atoms with Crippen LogP contribution in [0.1, 0.15) is 46.5 Å². The van der Waals surface area contributed by atoms with Crippen molar-refractivity contribution in [3.63, 3.8) is 0 Å². The van der Waals surface area contributed by atoms with Crippen LogP contribution in [0.2, 0.25) is 0 Å². The third-order valence-electron chi connectivity index (χ3n) is 5.99. The quantitative estimate of drug-likeness (QED) is 0.468. The molecule has 0 bridgehead atoms. The molecule has 186 valence electrons. The maximum Gasteiger partial charge on any atom is 0.411 e. The molecule has 0 radical (unpaired) electrons. The van der Waals surface area contributed by atoms with Crippen LogP contribution < -0.4 is 10.6 Å². The maximum atomic E-state index is 13.9. The number of rotatable bonds is 8. The molecule has 3 aromatic rings. The van der Waals surface area contributed by atoms with Gasteiger partial charge in [0.25, 0.3) is 5.91 Å². The summed E-state index contributed by atoms with van der Waals surface area (Å²) in [4.78, 5) is 39.8. The van der Waals surface area contributed by atoms with Gasteiger partial charge in [0.2, 0.25) is 5.91 Å². The number of carbonyl (C=O) groups excluding carboxylic acids is 3. The van der Waals surface area contributed by atoms with Crippen LogP contribution >= 0.6 is 0 Å². The summed E-state index contributed by atoms with van der Waals surface area (Å²) in [6, 6.07) is 19.2. The Morgan fingerprint density at radius 3 is 2.36 bits per heavy atom. The molecule has 2 atom stereocenters. The zero-order valence-corrected chi connectivity index (χ0v) is 20.2. The molecule has 1 heterocycles. The number of benzene rings is 3. The molecule has 4 rings (SSSR count). The summed E-state index contributed by atoms with van der Waals surface area (Å²) in [5.74, 6) is -1.48. The first-order valence-electron chi connectivity index (χ1n) is 11.8. The highest BCUT2D eigenvalue weighted by Gasteiger charge is 2.46. The minimum Gasteiger partial charge on any atom is -0.438 e. The van der Waals surface area contributed by atoms with Crippen LogP contribution in [-0.2, 0) is 16.1 Å². The van der Waals surface area contributed by atoms with Gasteiger partial charge in [-0.05, 0) is 48.7 Å². The molecule has 7 nitrogen and oxygen atoms in total. The molecular formula is C28H28FN3O4. The van der Waals surface area contributed by atoms with E-state index in [2.05, 4.69) is 10.6 Å². The molecule has 1 saturated heterocycles. The summed E-state index contributed by atoms with van der Waals surface area (Å²) in [6.07, 6.45) is -0.642. The minimum atomic E-state index is -0.857. The highest BCUT2D eigenvalue weighted by molar-refractivity contribution is 6.04.